The van der Waals surface area contributed by atoms with Gasteiger partial charge in [-0.25, -0.2) is 0 Å². The van der Waals surface area contributed by atoms with Crippen molar-refractivity contribution < 1.29 is 18.0 Å². The van der Waals surface area contributed by atoms with Crippen molar-refractivity contribution in [3.8, 4) is 0 Å². The van der Waals surface area contributed by atoms with Crippen molar-refractivity contribution >= 4 is 11.9 Å². The highest BCUT2D eigenvalue weighted by Crippen LogP contribution is 2.26. The van der Waals surface area contributed by atoms with Crippen molar-refractivity contribution in [3.63, 3.8) is 0 Å². The molecule has 19 heavy (non-hydrogen) atoms. The fourth-order valence-electron chi connectivity index (χ4n) is 1.21. The first-order valence-corrected chi connectivity index (χ1v) is 4.86. The number of carbonyl (C=O) groups is 1. The number of rotatable bonds is 2. The summed E-state index contributed by atoms with van der Waals surface area (Å²) < 4.78 is 36.7. The van der Waals surface area contributed by atoms with Gasteiger partial charge in [0.1, 0.15) is 5.56 Å². The predicted molar refractivity (Wildman–Crippen MR) is 56.4 cm³/mol. The summed E-state index contributed by atoms with van der Waals surface area (Å²) in [7, 11) is 0. The van der Waals surface area contributed by atoms with E-state index >= 15 is 0 Å². The van der Waals surface area contributed by atoms with Crippen LogP contribution in [0.5, 0.6) is 0 Å². The van der Waals surface area contributed by atoms with Crippen molar-refractivity contribution in [1.82, 2.24) is 20.2 Å². The number of nitrogens with zero attached hydrogens (tertiary/aromatic N) is 2. The van der Waals surface area contributed by atoms with Crippen LogP contribution in [0.1, 0.15) is 16.2 Å². The number of amides is 1. The molecule has 0 bridgehead atoms. The zero-order valence-electron chi connectivity index (χ0n) is 9.08. The van der Waals surface area contributed by atoms with Gasteiger partial charge in [0.15, 0.2) is 0 Å². The Morgan fingerprint density at radius 3 is 2.68 bits per heavy atom. The molecule has 0 aliphatic carbocycles. The number of nitrogens with one attached hydrogen (secondary N) is 3. The van der Waals surface area contributed by atoms with Gasteiger partial charge in [0.25, 0.3) is 11.5 Å². The Morgan fingerprint density at radius 1 is 1.37 bits per heavy atom. The van der Waals surface area contributed by atoms with Crippen molar-refractivity contribution in [3.05, 3.63) is 40.1 Å². The number of H-pyrrole nitrogens is 2. The molecule has 1 amide bonds. The Balaban J connectivity index is 2.19. The van der Waals surface area contributed by atoms with Crippen LogP contribution in [0.3, 0.4) is 0 Å². The minimum atomic E-state index is -4.69. The Labute approximate surface area is 102 Å². The van der Waals surface area contributed by atoms with E-state index in [0.29, 0.717) is 0 Å². The highest BCUT2D eigenvalue weighted by Gasteiger charge is 2.35. The maximum absolute atomic E-state index is 12.2. The fourth-order valence-corrected chi connectivity index (χ4v) is 1.21. The number of pyridine rings is 1. The van der Waals surface area contributed by atoms with Gasteiger partial charge in [-0.05, 0) is 12.1 Å². The number of hydrogen-bond acceptors (Lipinski definition) is 4. The number of hydrogen-bond donors (Lipinski definition) is 3. The van der Waals surface area contributed by atoms with Gasteiger partial charge in [0.2, 0.25) is 11.8 Å². The molecule has 2 aromatic rings. The third kappa shape index (κ3) is 2.78. The number of halogens is 3. The molecular formula is C9H6F3N5O2. The SMILES string of the molecule is O=C(Nc1n[nH]c(C(F)(F)F)n1)c1ccc[nH]c1=O. The maximum Gasteiger partial charge on any atom is 0.451 e. The normalized spacial score (nSPS) is 11.3. The van der Waals surface area contributed by atoms with E-state index in [1.807, 2.05) is 5.32 Å². The summed E-state index contributed by atoms with van der Waals surface area (Å²) in [6, 6.07) is 2.61. The number of carbonyl (C=O) groups excluding carboxylic acids is 1. The lowest BCUT2D eigenvalue weighted by molar-refractivity contribution is -0.144. The van der Waals surface area contributed by atoms with Gasteiger partial charge in [-0.2, -0.15) is 18.2 Å². The molecule has 0 unspecified atom stereocenters. The summed E-state index contributed by atoms with van der Waals surface area (Å²) in [6.07, 6.45) is -3.38. The molecular weight excluding hydrogens is 267 g/mol. The van der Waals surface area contributed by atoms with Crippen LogP contribution in [0.15, 0.2) is 23.1 Å². The van der Waals surface area contributed by atoms with Gasteiger partial charge >= 0.3 is 6.18 Å². The molecule has 7 nitrogen and oxygen atoms in total. The first-order chi connectivity index (χ1) is 8.88. The molecule has 2 rings (SSSR count). The van der Waals surface area contributed by atoms with Gasteiger partial charge in [-0.3, -0.25) is 20.0 Å². The molecule has 3 N–H and O–H groups in total. The summed E-state index contributed by atoms with van der Waals surface area (Å²) in [4.78, 5) is 28.1. The molecule has 0 aromatic carbocycles. The number of aromatic nitrogens is 4. The number of anilines is 1. The van der Waals surface area contributed by atoms with E-state index in [9.17, 15) is 22.8 Å². The van der Waals surface area contributed by atoms with Crippen LogP contribution in [-0.2, 0) is 6.18 Å². The zero-order chi connectivity index (χ0) is 14.0. The second-order valence-corrected chi connectivity index (χ2v) is 3.37. The maximum atomic E-state index is 12.2. The number of aromatic amines is 2. The second kappa shape index (κ2) is 4.55. The zero-order valence-corrected chi connectivity index (χ0v) is 9.08. The molecule has 0 saturated carbocycles. The molecule has 2 heterocycles. The molecule has 0 radical (unpaired) electrons. The lowest BCUT2D eigenvalue weighted by atomic mass is 10.2. The van der Waals surface area contributed by atoms with Crippen molar-refractivity contribution in [2.75, 3.05) is 5.32 Å². The quantitative estimate of drug-likeness (QED) is 0.751. The van der Waals surface area contributed by atoms with E-state index in [1.165, 1.54) is 18.3 Å². The topological polar surface area (TPSA) is 104 Å². The summed E-state index contributed by atoms with van der Waals surface area (Å²) >= 11 is 0. The first kappa shape index (κ1) is 12.8. The first-order valence-electron chi connectivity index (χ1n) is 4.86. The highest BCUT2D eigenvalue weighted by atomic mass is 19.4. The third-order valence-electron chi connectivity index (χ3n) is 2.04. The third-order valence-corrected chi connectivity index (χ3v) is 2.04. The molecule has 10 heteroatoms. The minimum absolute atomic E-state index is 0.263. The second-order valence-electron chi connectivity index (χ2n) is 3.37. The van der Waals surface area contributed by atoms with Gasteiger partial charge in [-0.15, -0.1) is 5.10 Å². The van der Waals surface area contributed by atoms with E-state index in [2.05, 4.69) is 15.1 Å². The van der Waals surface area contributed by atoms with Crippen LogP contribution in [0.4, 0.5) is 19.1 Å². The van der Waals surface area contributed by atoms with Crippen molar-refractivity contribution in [1.29, 1.82) is 0 Å². The molecule has 0 fully saturated rings. The van der Waals surface area contributed by atoms with E-state index in [-0.39, 0.29) is 5.56 Å². The molecule has 0 atom stereocenters. The van der Waals surface area contributed by atoms with Crippen molar-refractivity contribution in [2.45, 2.75) is 6.18 Å². The van der Waals surface area contributed by atoms with Gasteiger partial charge in [0.05, 0.1) is 0 Å². The summed E-state index contributed by atoms with van der Waals surface area (Å²) in [6.45, 7) is 0. The molecule has 0 aliphatic rings. The fraction of sp³-hybridized carbons (Fsp3) is 0.111. The van der Waals surface area contributed by atoms with Crippen LogP contribution in [0.25, 0.3) is 0 Å². The van der Waals surface area contributed by atoms with Gasteiger partial charge < -0.3 is 4.98 Å². The van der Waals surface area contributed by atoms with E-state index in [4.69, 9.17) is 0 Å². The molecule has 0 saturated heterocycles. The van der Waals surface area contributed by atoms with Crippen LogP contribution in [0.2, 0.25) is 0 Å². The van der Waals surface area contributed by atoms with Crippen molar-refractivity contribution in [2.24, 2.45) is 0 Å². The lowest BCUT2D eigenvalue weighted by Crippen LogP contribution is -2.23. The van der Waals surface area contributed by atoms with Crippen LogP contribution in [0, 0.1) is 0 Å². The van der Waals surface area contributed by atoms with Gasteiger partial charge in [0, 0.05) is 6.20 Å². The monoisotopic (exact) mass is 273 g/mol. The molecule has 100 valence electrons. The smallest absolute Gasteiger partial charge is 0.328 e. The molecule has 2 aromatic heterocycles. The Hall–Kier alpha value is -2.65. The number of alkyl halides is 3. The summed E-state index contributed by atoms with van der Waals surface area (Å²) in [5, 5.41) is 6.79. The lowest BCUT2D eigenvalue weighted by Gasteiger charge is -2.00. The largest absolute Gasteiger partial charge is 0.451 e. The summed E-state index contributed by atoms with van der Waals surface area (Å²) in [5.74, 6) is -2.82. The Morgan fingerprint density at radius 2 is 2.11 bits per heavy atom. The predicted octanol–water partition coefficient (Wildman–Crippen LogP) is 0.764. The van der Waals surface area contributed by atoms with E-state index < -0.39 is 29.4 Å². The molecule has 0 aliphatic heterocycles. The average molecular weight is 273 g/mol. The minimum Gasteiger partial charge on any atom is -0.328 e. The van der Waals surface area contributed by atoms with Crippen LogP contribution >= 0.6 is 0 Å². The van der Waals surface area contributed by atoms with E-state index in [0.717, 1.165) is 0 Å². The average Bonchev–Trinajstić information content (AvgIpc) is 2.77. The Bertz CT molecular complexity index is 660. The van der Waals surface area contributed by atoms with Gasteiger partial charge in [-0.1, -0.05) is 0 Å². The van der Waals surface area contributed by atoms with Crippen LogP contribution in [-0.4, -0.2) is 26.1 Å². The van der Waals surface area contributed by atoms with Crippen LogP contribution < -0.4 is 10.9 Å². The standard InChI is InChI=1S/C9H6F3N5O2/c10-9(11,12)7-15-8(17-16-7)14-6(19)4-2-1-3-13-5(4)18/h1-3H,(H,13,18)(H2,14,15,16,17,19). The Kier molecular flexibility index (Phi) is 3.07. The summed E-state index contributed by atoms with van der Waals surface area (Å²) in [5.41, 5.74) is -0.938. The highest BCUT2D eigenvalue weighted by molar-refractivity contribution is 6.02. The molecule has 0 spiro atoms. The van der Waals surface area contributed by atoms with E-state index in [1.54, 1.807) is 5.10 Å².